The molecule has 1 aliphatic rings. The molecule has 2 aromatic rings. The summed E-state index contributed by atoms with van der Waals surface area (Å²) in [6.45, 7) is 1.22. The van der Waals surface area contributed by atoms with Gasteiger partial charge in [-0.3, -0.25) is 4.79 Å². The number of likely N-dealkylation sites (tertiary alicyclic amines) is 1. The molecule has 1 aromatic carbocycles. The summed E-state index contributed by atoms with van der Waals surface area (Å²) in [5, 5.41) is 8.85. The Hall–Kier alpha value is -2.76. The Morgan fingerprint density at radius 1 is 1.17 bits per heavy atom. The van der Waals surface area contributed by atoms with Crippen LogP contribution in [0.1, 0.15) is 39.0 Å². The van der Waals surface area contributed by atoms with E-state index in [1.807, 2.05) is 24.3 Å². The van der Waals surface area contributed by atoms with Gasteiger partial charge in [0.05, 0.1) is 7.11 Å². The van der Waals surface area contributed by atoms with Gasteiger partial charge in [-0.1, -0.05) is 12.1 Å². The average Bonchev–Trinajstić information content (AvgIpc) is 3.24. The Morgan fingerprint density at radius 2 is 1.87 bits per heavy atom. The van der Waals surface area contributed by atoms with E-state index in [2.05, 4.69) is 0 Å². The zero-order valence-corrected chi connectivity index (χ0v) is 12.7. The average molecular weight is 315 g/mol. The molecule has 0 spiro atoms. The maximum Gasteiger partial charge on any atom is 0.371 e. The Morgan fingerprint density at radius 3 is 2.48 bits per heavy atom. The third-order valence-corrected chi connectivity index (χ3v) is 4.09. The highest BCUT2D eigenvalue weighted by atomic mass is 16.5. The first-order chi connectivity index (χ1) is 11.1. The van der Waals surface area contributed by atoms with Gasteiger partial charge in [0.15, 0.2) is 5.76 Å². The number of carboxylic acid groups (broad SMARTS) is 1. The molecule has 0 radical (unpaired) electrons. The van der Waals surface area contributed by atoms with Crippen LogP contribution in [-0.2, 0) is 0 Å². The zero-order chi connectivity index (χ0) is 16.4. The molecule has 0 aliphatic carbocycles. The van der Waals surface area contributed by atoms with Crippen molar-refractivity contribution in [3.63, 3.8) is 0 Å². The van der Waals surface area contributed by atoms with E-state index in [1.165, 1.54) is 12.1 Å². The van der Waals surface area contributed by atoms with Crippen molar-refractivity contribution in [2.24, 2.45) is 0 Å². The van der Waals surface area contributed by atoms with Gasteiger partial charge < -0.3 is 19.2 Å². The van der Waals surface area contributed by atoms with Crippen LogP contribution in [0.3, 0.4) is 0 Å². The van der Waals surface area contributed by atoms with Crippen molar-refractivity contribution in [3.05, 3.63) is 53.5 Å². The minimum atomic E-state index is -1.18. The van der Waals surface area contributed by atoms with Gasteiger partial charge in [-0.15, -0.1) is 0 Å². The standard InChI is InChI=1S/C17H17NO5/c1-22-13-4-2-11(3-5-13)12-8-9-18(10-12)16(19)14-6-7-15(23-14)17(20)21/h2-7,12H,8-10H2,1H3,(H,20,21)/t12-/m0/s1. The fourth-order valence-corrected chi connectivity index (χ4v) is 2.82. The number of furan rings is 1. The molecular formula is C17H17NO5. The Bertz CT molecular complexity index is 719. The minimum absolute atomic E-state index is 0.0674. The van der Waals surface area contributed by atoms with E-state index in [0.29, 0.717) is 13.1 Å². The van der Waals surface area contributed by atoms with Gasteiger partial charge >= 0.3 is 5.97 Å². The highest BCUT2D eigenvalue weighted by Gasteiger charge is 2.29. The second-order valence-corrected chi connectivity index (χ2v) is 5.48. The first-order valence-electron chi connectivity index (χ1n) is 7.35. The fraction of sp³-hybridized carbons (Fsp3) is 0.294. The zero-order valence-electron chi connectivity index (χ0n) is 12.7. The number of benzene rings is 1. The van der Waals surface area contributed by atoms with E-state index in [4.69, 9.17) is 14.3 Å². The van der Waals surface area contributed by atoms with Crippen molar-refractivity contribution in [2.75, 3.05) is 20.2 Å². The smallest absolute Gasteiger partial charge is 0.371 e. The molecule has 0 saturated carbocycles. The van der Waals surface area contributed by atoms with Gasteiger partial charge in [-0.25, -0.2) is 4.79 Å². The van der Waals surface area contributed by atoms with Crippen LogP contribution in [0.5, 0.6) is 5.75 Å². The van der Waals surface area contributed by atoms with Gasteiger partial charge in [-0.2, -0.15) is 0 Å². The number of aromatic carboxylic acids is 1. The van der Waals surface area contributed by atoms with Crippen molar-refractivity contribution in [3.8, 4) is 5.75 Å². The molecule has 6 nitrogen and oxygen atoms in total. The SMILES string of the molecule is COc1ccc([C@H]2CCN(C(=O)c3ccc(C(=O)O)o3)C2)cc1. The summed E-state index contributed by atoms with van der Waals surface area (Å²) in [5.41, 5.74) is 1.16. The second kappa shape index (κ2) is 6.16. The van der Waals surface area contributed by atoms with Crippen LogP contribution in [-0.4, -0.2) is 42.1 Å². The molecule has 1 atom stereocenters. The molecule has 1 amide bonds. The number of ether oxygens (including phenoxy) is 1. The van der Waals surface area contributed by atoms with Crippen molar-refractivity contribution in [2.45, 2.75) is 12.3 Å². The van der Waals surface area contributed by atoms with E-state index in [1.54, 1.807) is 12.0 Å². The molecule has 1 fully saturated rings. The maximum absolute atomic E-state index is 12.4. The van der Waals surface area contributed by atoms with Crippen molar-refractivity contribution in [1.82, 2.24) is 4.90 Å². The second-order valence-electron chi connectivity index (χ2n) is 5.48. The lowest BCUT2D eigenvalue weighted by Gasteiger charge is -2.15. The third-order valence-electron chi connectivity index (χ3n) is 4.09. The Kier molecular flexibility index (Phi) is 4.06. The van der Waals surface area contributed by atoms with Crippen LogP contribution in [0.4, 0.5) is 0 Å². The minimum Gasteiger partial charge on any atom is -0.497 e. The molecule has 1 aliphatic heterocycles. The summed E-state index contributed by atoms with van der Waals surface area (Å²) in [6.07, 6.45) is 0.866. The summed E-state index contributed by atoms with van der Waals surface area (Å²) >= 11 is 0. The molecule has 1 saturated heterocycles. The summed E-state index contributed by atoms with van der Waals surface area (Å²) < 4.78 is 10.2. The molecule has 23 heavy (non-hydrogen) atoms. The van der Waals surface area contributed by atoms with Gasteiger partial charge in [0, 0.05) is 19.0 Å². The number of methoxy groups -OCH3 is 1. The van der Waals surface area contributed by atoms with Gasteiger partial charge in [-0.05, 0) is 36.2 Å². The summed E-state index contributed by atoms with van der Waals surface area (Å²) in [7, 11) is 1.62. The number of hydrogen-bond acceptors (Lipinski definition) is 4. The molecule has 3 rings (SSSR count). The van der Waals surface area contributed by atoms with E-state index in [9.17, 15) is 9.59 Å². The number of carboxylic acids is 1. The molecule has 0 unspecified atom stereocenters. The third kappa shape index (κ3) is 3.06. The van der Waals surface area contributed by atoms with Crippen LogP contribution >= 0.6 is 0 Å². The molecule has 1 aromatic heterocycles. The van der Waals surface area contributed by atoms with Crippen molar-refractivity contribution < 1.29 is 23.8 Å². The van der Waals surface area contributed by atoms with E-state index in [0.717, 1.165) is 17.7 Å². The molecular weight excluding hydrogens is 298 g/mol. The van der Waals surface area contributed by atoms with Crippen LogP contribution in [0.2, 0.25) is 0 Å². The van der Waals surface area contributed by atoms with Crippen LogP contribution < -0.4 is 4.74 Å². The Labute approximate surface area is 133 Å². The lowest BCUT2D eigenvalue weighted by atomic mass is 9.98. The predicted octanol–water partition coefficient (Wildman–Crippen LogP) is 2.62. The van der Waals surface area contributed by atoms with Gasteiger partial charge in [0.25, 0.3) is 5.91 Å². The van der Waals surface area contributed by atoms with E-state index in [-0.39, 0.29) is 23.3 Å². The summed E-state index contributed by atoms with van der Waals surface area (Å²) in [4.78, 5) is 24.9. The molecule has 6 heteroatoms. The maximum atomic E-state index is 12.4. The lowest BCUT2D eigenvalue weighted by Crippen LogP contribution is -2.28. The van der Waals surface area contributed by atoms with Crippen molar-refractivity contribution in [1.29, 1.82) is 0 Å². The number of amides is 1. The number of carbonyl (C=O) groups excluding carboxylic acids is 1. The van der Waals surface area contributed by atoms with E-state index < -0.39 is 5.97 Å². The number of carbonyl (C=O) groups is 2. The number of nitrogens with zero attached hydrogens (tertiary/aromatic N) is 1. The normalized spacial score (nSPS) is 17.3. The highest BCUT2D eigenvalue weighted by Crippen LogP contribution is 2.29. The fourth-order valence-electron chi connectivity index (χ4n) is 2.82. The molecule has 1 N–H and O–H groups in total. The monoisotopic (exact) mass is 315 g/mol. The first kappa shape index (κ1) is 15.1. The van der Waals surface area contributed by atoms with Gasteiger partial charge in [0.1, 0.15) is 5.75 Å². The molecule has 2 heterocycles. The van der Waals surface area contributed by atoms with Gasteiger partial charge in [0.2, 0.25) is 5.76 Å². The first-order valence-corrected chi connectivity index (χ1v) is 7.35. The highest BCUT2D eigenvalue weighted by molar-refractivity contribution is 5.93. The Balaban J connectivity index is 1.68. The number of hydrogen-bond donors (Lipinski definition) is 1. The lowest BCUT2D eigenvalue weighted by molar-refractivity contribution is 0.0653. The van der Waals surface area contributed by atoms with Crippen LogP contribution in [0, 0.1) is 0 Å². The quantitative estimate of drug-likeness (QED) is 0.938. The summed E-state index contributed by atoms with van der Waals surface area (Å²) in [5.74, 6) is -0.539. The molecule has 0 bridgehead atoms. The largest absolute Gasteiger partial charge is 0.497 e. The molecule has 120 valence electrons. The summed E-state index contributed by atoms with van der Waals surface area (Å²) in [6, 6.07) is 10.5. The van der Waals surface area contributed by atoms with Crippen molar-refractivity contribution >= 4 is 11.9 Å². The van der Waals surface area contributed by atoms with Crippen LogP contribution in [0.25, 0.3) is 0 Å². The number of rotatable bonds is 4. The predicted molar refractivity (Wildman–Crippen MR) is 81.9 cm³/mol. The van der Waals surface area contributed by atoms with E-state index >= 15 is 0 Å². The van der Waals surface area contributed by atoms with Crippen LogP contribution in [0.15, 0.2) is 40.8 Å². The topological polar surface area (TPSA) is 80.0 Å².